The van der Waals surface area contributed by atoms with Gasteiger partial charge in [0.1, 0.15) is 0 Å². The first-order chi connectivity index (χ1) is 18.3. The van der Waals surface area contributed by atoms with Crippen LogP contribution in [0.25, 0.3) is 10.2 Å². The van der Waals surface area contributed by atoms with Gasteiger partial charge in [0.15, 0.2) is 5.13 Å². The van der Waals surface area contributed by atoms with Gasteiger partial charge in [-0.2, -0.15) is 0 Å². The number of thiazole rings is 1. The fourth-order valence-corrected chi connectivity index (χ4v) is 6.86. The largest absolute Gasteiger partial charge is 0.351 e. The average Bonchev–Trinajstić information content (AvgIpc) is 3.33. The molecule has 4 aromatic rings. The Morgan fingerprint density at radius 3 is 2.38 bits per heavy atom. The number of nitrogens with one attached hydrogen (secondary N) is 2. The van der Waals surface area contributed by atoms with Gasteiger partial charge >= 0.3 is 0 Å². The molecule has 1 amide bonds. The number of sulfonamides is 1. The van der Waals surface area contributed by atoms with Crippen LogP contribution in [-0.2, 0) is 10.0 Å². The van der Waals surface area contributed by atoms with Crippen LogP contribution in [0.15, 0.2) is 76.1 Å². The van der Waals surface area contributed by atoms with E-state index in [4.69, 9.17) is 4.98 Å². The van der Waals surface area contributed by atoms with Crippen LogP contribution in [0.5, 0.6) is 0 Å². The number of hydrogen-bond acceptors (Lipinski definition) is 7. The SMILES string of the molecule is Cc1ccc(S(=O)(=O)Nc2ccc(C(=O)NCCN3CCN(c4nc5ccc(Br)cc5s4)CC3)cc2)cc1.Cl. The molecule has 12 heteroatoms. The Kier molecular flexibility index (Phi) is 9.50. The van der Waals surface area contributed by atoms with E-state index >= 15 is 0 Å². The summed E-state index contributed by atoms with van der Waals surface area (Å²) in [6, 6.07) is 19.2. The number of anilines is 2. The predicted octanol–water partition coefficient (Wildman–Crippen LogP) is 5.14. The maximum absolute atomic E-state index is 12.6. The molecule has 1 saturated heterocycles. The molecule has 39 heavy (non-hydrogen) atoms. The third kappa shape index (κ3) is 7.29. The Balaban J connectivity index is 0.00000353. The van der Waals surface area contributed by atoms with Crippen molar-refractivity contribution in [2.24, 2.45) is 0 Å². The number of benzene rings is 3. The second kappa shape index (κ2) is 12.6. The van der Waals surface area contributed by atoms with Crippen molar-refractivity contribution in [3.05, 3.63) is 82.3 Å². The van der Waals surface area contributed by atoms with E-state index in [0.717, 1.165) is 53.4 Å². The van der Waals surface area contributed by atoms with Crippen molar-refractivity contribution in [3.8, 4) is 0 Å². The van der Waals surface area contributed by atoms with Crippen molar-refractivity contribution in [1.82, 2.24) is 15.2 Å². The maximum Gasteiger partial charge on any atom is 0.261 e. The number of fused-ring (bicyclic) bond motifs is 1. The van der Waals surface area contributed by atoms with Crippen LogP contribution >= 0.6 is 39.7 Å². The standard InChI is InChI=1S/C27H28BrN5O3S2.ClH/c1-19-2-9-23(10-3-19)38(35,36)31-22-7-4-20(5-8-22)26(34)29-12-13-32-14-16-33(17-15-32)27-30-24-11-6-21(28)18-25(24)37-27;/h2-11,18,31H,12-17H2,1H3,(H,29,34);1H. The number of aromatic nitrogens is 1. The van der Waals surface area contributed by atoms with Crippen LogP contribution in [0.3, 0.4) is 0 Å². The van der Waals surface area contributed by atoms with E-state index in [2.05, 4.69) is 41.8 Å². The van der Waals surface area contributed by atoms with Gasteiger partial charge in [0.25, 0.3) is 15.9 Å². The van der Waals surface area contributed by atoms with Crippen LogP contribution in [0.4, 0.5) is 10.8 Å². The summed E-state index contributed by atoms with van der Waals surface area (Å²) in [6.07, 6.45) is 0. The highest BCUT2D eigenvalue weighted by Crippen LogP contribution is 2.31. The zero-order valence-electron chi connectivity index (χ0n) is 21.3. The Bertz CT molecular complexity index is 1540. The van der Waals surface area contributed by atoms with E-state index in [-0.39, 0.29) is 23.2 Å². The van der Waals surface area contributed by atoms with Gasteiger partial charge in [0.2, 0.25) is 0 Å². The molecule has 0 aliphatic carbocycles. The summed E-state index contributed by atoms with van der Waals surface area (Å²) in [5.41, 5.74) is 2.89. The van der Waals surface area contributed by atoms with Gasteiger partial charge in [0.05, 0.1) is 15.1 Å². The highest BCUT2D eigenvalue weighted by atomic mass is 79.9. The molecule has 1 aliphatic heterocycles. The van der Waals surface area contributed by atoms with Gasteiger partial charge in [-0.3, -0.25) is 14.4 Å². The van der Waals surface area contributed by atoms with Gasteiger partial charge in [-0.25, -0.2) is 13.4 Å². The second-order valence-corrected chi connectivity index (χ2v) is 12.8. The van der Waals surface area contributed by atoms with Crippen molar-refractivity contribution in [2.45, 2.75) is 11.8 Å². The van der Waals surface area contributed by atoms with Crippen LogP contribution in [-0.4, -0.2) is 63.5 Å². The monoisotopic (exact) mass is 649 g/mol. The zero-order valence-corrected chi connectivity index (χ0v) is 25.3. The summed E-state index contributed by atoms with van der Waals surface area (Å²) in [7, 11) is -3.69. The van der Waals surface area contributed by atoms with E-state index in [1.54, 1.807) is 59.9 Å². The lowest BCUT2D eigenvalue weighted by Gasteiger charge is -2.34. The van der Waals surface area contributed by atoms with E-state index in [1.165, 1.54) is 4.70 Å². The van der Waals surface area contributed by atoms with Crippen molar-refractivity contribution >= 4 is 76.6 Å². The van der Waals surface area contributed by atoms with Gasteiger partial charge < -0.3 is 10.2 Å². The number of halogens is 2. The molecule has 0 unspecified atom stereocenters. The molecule has 2 heterocycles. The molecular weight excluding hydrogens is 622 g/mol. The lowest BCUT2D eigenvalue weighted by atomic mass is 10.2. The molecule has 5 rings (SSSR count). The first kappa shape index (κ1) is 29.3. The summed E-state index contributed by atoms with van der Waals surface area (Å²) in [4.78, 5) is 22.2. The van der Waals surface area contributed by atoms with Gasteiger partial charge in [-0.05, 0) is 61.5 Å². The van der Waals surface area contributed by atoms with Crippen molar-refractivity contribution in [2.75, 3.05) is 48.9 Å². The lowest BCUT2D eigenvalue weighted by molar-refractivity contribution is 0.0948. The smallest absolute Gasteiger partial charge is 0.261 e. The second-order valence-electron chi connectivity index (χ2n) is 9.19. The summed E-state index contributed by atoms with van der Waals surface area (Å²) < 4.78 is 29.9. The molecule has 1 aliphatic rings. The molecule has 206 valence electrons. The minimum absolute atomic E-state index is 0. The number of carbonyl (C=O) groups is 1. The Hall–Kier alpha value is -2.70. The van der Waals surface area contributed by atoms with E-state index in [0.29, 0.717) is 17.8 Å². The number of rotatable bonds is 8. The number of carbonyl (C=O) groups excluding carboxylic acids is 1. The van der Waals surface area contributed by atoms with Crippen molar-refractivity contribution < 1.29 is 13.2 Å². The molecule has 0 spiro atoms. The minimum atomic E-state index is -3.69. The van der Waals surface area contributed by atoms with Crippen molar-refractivity contribution in [3.63, 3.8) is 0 Å². The maximum atomic E-state index is 12.6. The van der Waals surface area contributed by atoms with Crippen LogP contribution in [0.1, 0.15) is 15.9 Å². The van der Waals surface area contributed by atoms with E-state index < -0.39 is 10.0 Å². The highest BCUT2D eigenvalue weighted by Gasteiger charge is 2.20. The van der Waals surface area contributed by atoms with Crippen LogP contribution < -0.4 is 14.9 Å². The molecule has 2 N–H and O–H groups in total. The third-order valence-corrected chi connectivity index (χ3v) is 9.40. The van der Waals surface area contributed by atoms with Crippen molar-refractivity contribution in [1.29, 1.82) is 0 Å². The van der Waals surface area contributed by atoms with Gasteiger partial charge in [0, 0.05) is 55.0 Å². The number of nitrogens with zero attached hydrogens (tertiary/aromatic N) is 3. The van der Waals surface area contributed by atoms with Crippen LogP contribution in [0, 0.1) is 6.92 Å². The molecule has 0 radical (unpaired) electrons. The van der Waals surface area contributed by atoms with Gasteiger partial charge in [-0.1, -0.05) is 45.0 Å². The molecule has 8 nitrogen and oxygen atoms in total. The summed E-state index contributed by atoms with van der Waals surface area (Å²) in [5, 5.41) is 4.01. The predicted molar refractivity (Wildman–Crippen MR) is 164 cm³/mol. The highest BCUT2D eigenvalue weighted by molar-refractivity contribution is 9.10. The van der Waals surface area contributed by atoms with E-state index in [1.807, 2.05) is 19.1 Å². The van der Waals surface area contributed by atoms with E-state index in [9.17, 15) is 13.2 Å². The number of aryl methyl sites for hydroxylation is 1. The fourth-order valence-electron chi connectivity index (χ4n) is 4.24. The average molecular weight is 651 g/mol. The lowest BCUT2D eigenvalue weighted by Crippen LogP contribution is -2.48. The Morgan fingerprint density at radius 1 is 1.00 bits per heavy atom. The summed E-state index contributed by atoms with van der Waals surface area (Å²) in [6.45, 7) is 6.81. The molecule has 1 aromatic heterocycles. The molecule has 0 atom stereocenters. The normalized spacial score (nSPS) is 14.2. The Labute approximate surface area is 247 Å². The number of piperazine rings is 1. The quantitative estimate of drug-likeness (QED) is 0.274. The Morgan fingerprint density at radius 2 is 1.69 bits per heavy atom. The van der Waals surface area contributed by atoms with Crippen LogP contribution in [0.2, 0.25) is 0 Å². The molecule has 0 bridgehead atoms. The fraction of sp³-hybridized carbons (Fsp3) is 0.259. The molecular formula is C27H29BrClN5O3S2. The first-order valence-corrected chi connectivity index (χ1v) is 15.4. The zero-order chi connectivity index (χ0) is 26.7. The molecule has 3 aromatic carbocycles. The van der Waals surface area contributed by atoms with Gasteiger partial charge in [-0.15, -0.1) is 12.4 Å². The topological polar surface area (TPSA) is 94.6 Å². The molecule has 1 fully saturated rings. The summed E-state index contributed by atoms with van der Waals surface area (Å²) in [5.74, 6) is -0.183. The number of amides is 1. The number of hydrogen-bond donors (Lipinski definition) is 2. The summed E-state index contributed by atoms with van der Waals surface area (Å²) >= 11 is 5.23. The third-order valence-electron chi connectivity index (χ3n) is 6.43. The molecule has 0 saturated carbocycles. The first-order valence-electron chi connectivity index (χ1n) is 12.3. The minimum Gasteiger partial charge on any atom is -0.351 e.